The molecule has 1 rings (SSSR count). The Balaban J connectivity index is 3.10. The molecule has 1 aromatic carbocycles. The average molecular weight is 321 g/mol. The van der Waals surface area contributed by atoms with Gasteiger partial charge < -0.3 is 4.74 Å². The average Bonchev–Trinajstić information content (AvgIpc) is 2.56. The molecule has 120 valence electrons. The zero-order chi connectivity index (χ0) is 17.9. The molecule has 6 heteroatoms. The molecule has 24 heavy (non-hydrogen) atoms. The minimum Gasteiger partial charge on any atom is -0.427 e. The van der Waals surface area contributed by atoms with Gasteiger partial charge in [0.1, 0.15) is 23.5 Å². The molecule has 0 radical (unpaired) electrons. The fraction of sp³-hybridized carbons (Fsp3) is 0.111. The minimum atomic E-state index is -0.590. The molecule has 6 nitrogen and oxygen atoms in total. The van der Waals surface area contributed by atoms with E-state index in [9.17, 15) is 9.59 Å². The van der Waals surface area contributed by atoms with Crippen LogP contribution in [0.3, 0.4) is 0 Å². The number of nitrogens with zero attached hydrogens (tertiary/aromatic N) is 3. The molecule has 0 fully saturated rings. The molecule has 0 aromatic heterocycles. The van der Waals surface area contributed by atoms with Crippen LogP contribution in [0.2, 0.25) is 0 Å². The maximum atomic E-state index is 11.7. The van der Waals surface area contributed by atoms with Crippen molar-refractivity contribution in [1.29, 1.82) is 10.5 Å². The molecule has 1 aromatic rings. The molecule has 0 aliphatic rings. The van der Waals surface area contributed by atoms with Gasteiger partial charge in [-0.05, 0) is 24.3 Å². The van der Waals surface area contributed by atoms with E-state index in [0.29, 0.717) is 5.69 Å². The molecule has 0 heterocycles. The van der Waals surface area contributed by atoms with E-state index in [1.807, 2.05) is 6.07 Å². The van der Waals surface area contributed by atoms with Crippen LogP contribution in [0, 0.1) is 22.7 Å². The van der Waals surface area contributed by atoms with Gasteiger partial charge in [-0.25, -0.2) is 0 Å². The number of rotatable bonds is 5. The highest BCUT2D eigenvalue weighted by Crippen LogP contribution is 2.14. The van der Waals surface area contributed by atoms with E-state index in [0.717, 1.165) is 6.08 Å². The standard InChI is InChI=1S/C18H15N3O3/c1-14(22)21(17-7-4-3-5-8-17)10-6-9-18(24-15(2)23)11-16(12-19)13-20/h3-11H,1-2H3/b10-6+,18-9-. The molecule has 1 amide bonds. The summed E-state index contributed by atoms with van der Waals surface area (Å²) in [7, 11) is 0. The fourth-order valence-corrected chi connectivity index (χ4v) is 1.69. The number of hydrogen-bond donors (Lipinski definition) is 0. The molecule has 0 bridgehead atoms. The number of esters is 1. The lowest BCUT2D eigenvalue weighted by Gasteiger charge is -2.15. The van der Waals surface area contributed by atoms with E-state index in [-0.39, 0.29) is 17.2 Å². The topological polar surface area (TPSA) is 94.2 Å². The number of allylic oxidation sites excluding steroid dienone is 4. The Kier molecular flexibility index (Phi) is 7.20. The first-order chi connectivity index (χ1) is 11.5. The highest BCUT2D eigenvalue weighted by atomic mass is 16.5. The summed E-state index contributed by atoms with van der Waals surface area (Å²) in [6, 6.07) is 12.3. The molecule has 0 saturated carbocycles. The second kappa shape index (κ2) is 9.39. The predicted molar refractivity (Wildman–Crippen MR) is 87.9 cm³/mol. The van der Waals surface area contributed by atoms with Gasteiger partial charge >= 0.3 is 5.97 Å². The molecule has 0 aliphatic heterocycles. The third kappa shape index (κ3) is 6.00. The molecule has 0 spiro atoms. The van der Waals surface area contributed by atoms with Crippen molar-refractivity contribution in [2.24, 2.45) is 0 Å². The maximum absolute atomic E-state index is 11.7. The van der Waals surface area contributed by atoms with Crippen molar-refractivity contribution in [3.05, 3.63) is 66.1 Å². The van der Waals surface area contributed by atoms with Crippen LogP contribution < -0.4 is 4.90 Å². The summed E-state index contributed by atoms with van der Waals surface area (Å²) in [5.74, 6) is -0.772. The van der Waals surface area contributed by atoms with Crippen molar-refractivity contribution in [2.45, 2.75) is 13.8 Å². The Morgan fingerprint density at radius 1 is 1.12 bits per heavy atom. The highest BCUT2D eigenvalue weighted by molar-refractivity contribution is 5.93. The van der Waals surface area contributed by atoms with Crippen LogP contribution >= 0.6 is 0 Å². The van der Waals surface area contributed by atoms with E-state index in [4.69, 9.17) is 15.3 Å². The monoisotopic (exact) mass is 321 g/mol. The van der Waals surface area contributed by atoms with Crippen LogP contribution in [-0.4, -0.2) is 11.9 Å². The Morgan fingerprint density at radius 3 is 2.25 bits per heavy atom. The Hall–Kier alpha value is -3.64. The lowest BCUT2D eigenvalue weighted by molar-refractivity contribution is -0.136. The SMILES string of the molecule is CC(=O)O/C(C=C(C#N)C#N)=C\C=C\N(C(C)=O)c1ccccc1. The van der Waals surface area contributed by atoms with Gasteiger partial charge in [0.2, 0.25) is 5.91 Å². The predicted octanol–water partition coefficient (Wildman–Crippen LogP) is 2.97. The number of ether oxygens (including phenoxy) is 1. The third-order valence-corrected chi connectivity index (χ3v) is 2.66. The van der Waals surface area contributed by atoms with Crippen molar-refractivity contribution >= 4 is 17.6 Å². The van der Waals surface area contributed by atoms with Crippen LogP contribution in [0.5, 0.6) is 0 Å². The number of carbonyl (C=O) groups is 2. The van der Waals surface area contributed by atoms with Gasteiger partial charge in [0.15, 0.2) is 0 Å². The minimum absolute atomic E-state index is 0.0217. The van der Waals surface area contributed by atoms with Crippen LogP contribution in [0.1, 0.15) is 13.8 Å². The van der Waals surface area contributed by atoms with Crippen molar-refractivity contribution in [3.8, 4) is 12.1 Å². The molecular weight excluding hydrogens is 306 g/mol. The first-order valence-corrected chi connectivity index (χ1v) is 6.91. The van der Waals surface area contributed by atoms with Crippen molar-refractivity contribution < 1.29 is 14.3 Å². The number of para-hydroxylation sites is 1. The van der Waals surface area contributed by atoms with Gasteiger partial charge in [-0.3, -0.25) is 14.5 Å². The molecule has 0 atom stereocenters. The third-order valence-electron chi connectivity index (χ3n) is 2.66. The molecule has 0 saturated heterocycles. The number of anilines is 1. The second-order valence-electron chi connectivity index (χ2n) is 4.51. The van der Waals surface area contributed by atoms with Crippen LogP contribution in [0.4, 0.5) is 5.69 Å². The first-order valence-electron chi connectivity index (χ1n) is 6.91. The number of amides is 1. The Bertz CT molecular complexity index is 762. The zero-order valence-electron chi connectivity index (χ0n) is 13.3. The van der Waals surface area contributed by atoms with E-state index >= 15 is 0 Å². The summed E-state index contributed by atoms with van der Waals surface area (Å²) in [6.07, 6.45) is 5.50. The number of carbonyl (C=O) groups excluding carboxylic acids is 2. The molecule has 0 unspecified atom stereocenters. The van der Waals surface area contributed by atoms with Gasteiger partial charge in [-0.2, -0.15) is 10.5 Å². The van der Waals surface area contributed by atoms with Crippen LogP contribution in [0.15, 0.2) is 66.1 Å². The summed E-state index contributed by atoms with van der Waals surface area (Å²) in [5.41, 5.74) is 0.469. The highest BCUT2D eigenvalue weighted by Gasteiger charge is 2.07. The summed E-state index contributed by atoms with van der Waals surface area (Å²) in [6.45, 7) is 2.62. The normalized spacial score (nSPS) is 10.4. The fourth-order valence-electron chi connectivity index (χ4n) is 1.69. The summed E-state index contributed by atoms with van der Waals surface area (Å²) in [5, 5.41) is 17.5. The van der Waals surface area contributed by atoms with Crippen molar-refractivity contribution in [2.75, 3.05) is 4.90 Å². The van der Waals surface area contributed by atoms with Gasteiger partial charge in [-0.1, -0.05) is 18.2 Å². The zero-order valence-corrected chi connectivity index (χ0v) is 13.3. The number of nitriles is 2. The van der Waals surface area contributed by atoms with Gasteiger partial charge in [-0.15, -0.1) is 0 Å². The van der Waals surface area contributed by atoms with Gasteiger partial charge in [0.05, 0.1) is 0 Å². The van der Waals surface area contributed by atoms with Crippen LogP contribution in [0.25, 0.3) is 0 Å². The largest absolute Gasteiger partial charge is 0.427 e. The smallest absolute Gasteiger partial charge is 0.308 e. The molecular formula is C18H15N3O3. The van der Waals surface area contributed by atoms with Crippen molar-refractivity contribution in [3.63, 3.8) is 0 Å². The van der Waals surface area contributed by atoms with E-state index in [1.54, 1.807) is 36.4 Å². The maximum Gasteiger partial charge on any atom is 0.308 e. The van der Waals surface area contributed by atoms with Crippen molar-refractivity contribution in [1.82, 2.24) is 0 Å². The van der Waals surface area contributed by atoms with Gasteiger partial charge in [0, 0.05) is 31.8 Å². The number of benzene rings is 1. The van der Waals surface area contributed by atoms with E-state index in [2.05, 4.69) is 0 Å². The summed E-state index contributed by atoms with van der Waals surface area (Å²) >= 11 is 0. The quantitative estimate of drug-likeness (QED) is 0.359. The van der Waals surface area contributed by atoms with Crippen LogP contribution in [-0.2, 0) is 14.3 Å². The summed E-state index contributed by atoms with van der Waals surface area (Å²) < 4.78 is 4.92. The number of hydrogen-bond acceptors (Lipinski definition) is 5. The molecule has 0 aliphatic carbocycles. The van der Waals surface area contributed by atoms with E-state index in [1.165, 1.54) is 37.1 Å². The van der Waals surface area contributed by atoms with E-state index < -0.39 is 5.97 Å². The second-order valence-corrected chi connectivity index (χ2v) is 4.51. The Labute approximate surface area is 140 Å². The summed E-state index contributed by atoms with van der Waals surface area (Å²) in [4.78, 5) is 24.2. The van der Waals surface area contributed by atoms with Gasteiger partial charge in [0.25, 0.3) is 0 Å². The first kappa shape index (κ1) is 18.4. The lowest BCUT2D eigenvalue weighted by atomic mass is 10.2. The molecule has 0 N–H and O–H groups in total. The Morgan fingerprint density at radius 2 is 1.75 bits per heavy atom. The lowest BCUT2D eigenvalue weighted by Crippen LogP contribution is -2.21.